The molecule has 1 aliphatic rings. The van der Waals surface area contributed by atoms with Crippen LogP contribution in [0.3, 0.4) is 0 Å². The van der Waals surface area contributed by atoms with Crippen LogP contribution >= 0.6 is 0 Å². The van der Waals surface area contributed by atoms with E-state index < -0.39 is 10.8 Å². The van der Waals surface area contributed by atoms with Gasteiger partial charge in [-0.2, -0.15) is 0 Å². The summed E-state index contributed by atoms with van der Waals surface area (Å²) in [6, 6.07) is 0. The fraction of sp³-hybridized carbons (Fsp3) is 1.00. The summed E-state index contributed by atoms with van der Waals surface area (Å²) in [5.74, 6) is 2.62. The van der Waals surface area contributed by atoms with E-state index in [2.05, 4.69) is 13.8 Å². The zero-order valence-electron chi connectivity index (χ0n) is 11.5. The number of rotatable bonds is 8. The Morgan fingerprint density at radius 3 is 2.47 bits per heavy atom. The van der Waals surface area contributed by atoms with Crippen molar-refractivity contribution in [3.8, 4) is 0 Å². The van der Waals surface area contributed by atoms with Crippen LogP contribution in [-0.4, -0.2) is 22.3 Å². The molecule has 0 radical (unpaired) electrons. The zero-order chi connectivity index (χ0) is 12.7. The van der Waals surface area contributed by atoms with Crippen LogP contribution in [0.25, 0.3) is 0 Å². The second kappa shape index (κ2) is 7.52. The summed E-state index contributed by atoms with van der Waals surface area (Å²) in [7, 11) is -0.571. The Morgan fingerprint density at radius 1 is 1.24 bits per heavy atom. The van der Waals surface area contributed by atoms with Gasteiger partial charge in [0.15, 0.2) is 0 Å². The maximum atomic E-state index is 11.9. The van der Waals surface area contributed by atoms with Crippen molar-refractivity contribution in [2.45, 2.75) is 58.8 Å². The van der Waals surface area contributed by atoms with Gasteiger partial charge in [-0.25, -0.2) is 0 Å². The van der Waals surface area contributed by atoms with Crippen LogP contribution in [0.4, 0.5) is 0 Å². The van der Waals surface area contributed by atoms with E-state index in [9.17, 15) is 4.21 Å². The van der Waals surface area contributed by atoms with Gasteiger partial charge in [-0.15, -0.1) is 0 Å². The molecule has 0 saturated heterocycles. The Balaban J connectivity index is 2.04. The van der Waals surface area contributed by atoms with Gasteiger partial charge in [0.1, 0.15) is 0 Å². The number of nitrogens with two attached hydrogens (primary N) is 1. The summed E-state index contributed by atoms with van der Waals surface area (Å²) in [5, 5.41) is 0. The summed E-state index contributed by atoms with van der Waals surface area (Å²) in [6.45, 7) is 5.17. The fourth-order valence-corrected chi connectivity index (χ4v) is 4.04. The van der Waals surface area contributed by atoms with E-state index in [0.717, 1.165) is 36.8 Å². The Hall–Kier alpha value is 0.110. The molecule has 1 rings (SSSR count). The SMILES string of the molecule is CC(C)(CN)CCCCS(=O)CC1CCCC1. The average Bonchev–Trinajstić information content (AvgIpc) is 2.77. The lowest BCUT2D eigenvalue weighted by atomic mass is 9.88. The Morgan fingerprint density at radius 2 is 1.88 bits per heavy atom. The molecule has 1 unspecified atom stereocenters. The molecule has 1 fully saturated rings. The lowest BCUT2D eigenvalue weighted by molar-refractivity contribution is 0.336. The summed E-state index contributed by atoms with van der Waals surface area (Å²) < 4.78 is 11.9. The highest BCUT2D eigenvalue weighted by Crippen LogP contribution is 2.26. The van der Waals surface area contributed by atoms with Crippen molar-refractivity contribution in [1.82, 2.24) is 0 Å². The second-order valence-corrected chi connectivity index (χ2v) is 7.91. The fourth-order valence-electron chi connectivity index (χ4n) is 2.49. The molecule has 102 valence electrons. The van der Waals surface area contributed by atoms with Crippen LogP contribution in [-0.2, 0) is 10.8 Å². The van der Waals surface area contributed by atoms with E-state index >= 15 is 0 Å². The van der Waals surface area contributed by atoms with Crippen LogP contribution < -0.4 is 5.73 Å². The van der Waals surface area contributed by atoms with Crippen LogP contribution in [0.5, 0.6) is 0 Å². The van der Waals surface area contributed by atoms with E-state index in [1.807, 2.05) is 0 Å². The Bertz CT molecular complexity index is 234. The second-order valence-electron chi connectivity index (χ2n) is 6.29. The molecule has 0 aromatic rings. The van der Waals surface area contributed by atoms with E-state index in [0.29, 0.717) is 0 Å². The summed E-state index contributed by atoms with van der Waals surface area (Å²) in [6.07, 6.45) is 8.75. The van der Waals surface area contributed by atoms with Gasteiger partial charge in [0.25, 0.3) is 0 Å². The van der Waals surface area contributed by atoms with Crippen LogP contribution in [0.2, 0.25) is 0 Å². The maximum absolute atomic E-state index is 11.9. The van der Waals surface area contributed by atoms with Crippen molar-refractivity contribution in [3.05, 3.63) is 0 Å². The van der Waals surface area contributed by atoms with Gasteiger partial charge < -0.3 is 5.73 Å². The maximum Gasteiger partial charge on any atom is 0.0263 e. The molecular weight excluding hydrogens is 230 g/mol. The minimum Gasteiger partial charge on any atom is -0.330 e. The topological polar surface area (TPSA) is 43.1 Å². The van der Waals surface area contributed by atoms with Crippen LogP contribution in [0.15, 0.2) is 0 Å². The molecule has 0 spiro atoms. The summed E-state index contributed by atoms with van der Waals surface area (Å²) in [5.41, 5.74) is 5.95. The van der Waals surface area contributed by atoms with Crippen LogP contribution in [0.1, 0.15) is 58.8 Å². The molecule has 0 bridgehead atoms. The molecule has 1 atom stereocenters. The third kappa shape index (κ3) is 6.56. The van der Waals surface area contributed by atoms with Crippen molar-refractivity contribution in [2.24, 2.45) is 17.1 Å². The van der Waals surface area contributed by atoms with E-state index in [1.165, 1.54) is 32.1 Å². The number of hydrogen-bond acceptors (Lipinski definition) is 2. The molecule has 17 heavy (non-hydrogen) atoms. The van der Waals surface area contributed by atoms with Gasteiger partial charge in [-0.05, 0) is 43.6 Å². The first-order chi connectivity index (χ1) is 8.03. The first kappa shape index (κ1) is 15.2. The molecule has 1 saturated carbocycles. The van der Waals surface area contributed by atoms with Crippen molar-refractivity contribution in [2.75, 3.05) is 18.1 Å². The highest BCUT2D eigenvalue weighted by atomic mass is 32.2. The van der Waals surface area contributed by atoms with Gasteiger partial charge in [0.2, 0.25) is 0 Å². The van der Waals surface area contributed by atoms with Gasteiger partial charge in [-0.3, -0.25) is 4.21 Å². The first-order valence-electron chi connectivity index (χ1n) is 7.08. The highest BCUT2D eigenvalue weighted by molar-refractivity contribution is 7.84. The van der Waals surface area contributed by atoms with E-state index in [4.69, 9.17) is 5.73 Å². The molecule has 2 nitrogen and oxygen atoms in total. The largest absolute Gasteiger partial charge is 0.330 e. The summed E-state index contributed by atoms with van der Waals surface area (Å²) in [4.78, 5) is 0. The predicted molar refractivity (Wildman–Crippen MR) is 76.5 cm³/mol. The third-order valence-electron chi connectivity index (χ3n) is 3.92. The molecule has 0 amide bonds. The molecular formula is C14H29NOS. The first-order valence-corrected chi connectivity index (χ1v) is 8.57. The number of hydrogen-bond donors (Lipinski definition) is 1. The zero-order valence-corrected chi connectivity index (χ0v) is 12.4. The van der Waals surface area contributed by atoms with Gasteiger partial charge in [0.05, 0.1) is 0 Å². The van der Waals surface area contributed by atoms with E-state index in [1.54, 1.807) is 0 Å². The van der Waals surface area contributed by atoms with Gasteiger partial charge >= 0.3 is 0 Å². The van der Waals surface area contributed by atoms with Crippen LogP contribution in [0, 0.1) is 11.3 Å². The van der Waals surface area contributed by atoms with Crippen molar-refractivity contribution in [1.29, 1.82) is 0 Å². The number of unbranched alkanes of at least 4 members (excludes halogenated alkanes) is 1. The highest BCUT2D eigenvalue weighted by Gasteiger charge is 2.18. The molecule has 3 heteroatoms. The van der Waals surface area contributed by atoms with Gasteiger partial charge in [-0.1, -0.05) is 33.1 Å². The quantitative estimate of drug-likeness (QED) is 0.681. The molecule has 1 aliphatic carbocycles. The lowest BCUT2D eigenvalue weighted by Gasteiger charge is -2.21. The minimum absolute atomic E-state index is 0.257. The Labute approximate surface area is 109 Å². The van der Waals surface area contributed by atoms with Gasteiger partial charge in [0, 0.05) is 22.3 Å². The normalized spacial score (nSPS) is 19.7. The monoisotopic (exact) mass is 259 g/mol. The molecule has 0 aromatic carbocycles. The molecule has 0 heterocycles. The molecule has 0 aromatic heterocycles. The van der Waals surface area contributed by atoms with E-state index in [-0.39, 0.29) is 5.41 Å². The molecule has 2 N–H and O–H groups in total. The third-order valence-corrected chi connectivity index (χ3v) is 5.51. The lowest BCUT2D eigenvalue weighted by Crippen LogP contribution is -2.23. The molecule has 0 aliphatic heterocycles. The summed E-state index contributed by atoms with van der Waals surface area (Å²) >= 11 is 0. The van der Waals surface area contributed by atoms with Crippen molar-refractivity contribution in [3.63, 3.8) is 0 Å². The Kier molecular flexibility index (Phi) is 6.71. The minimum atomic E-state index is -0.571. The smallest absolute Gasteiger partial charge is 0.0263 e. The predicted octanol–water partition coefficient (Wildman–Crippen LogP) is 3.08. The standard InChI is InChI=1S/C14H29NOS/c1-14(2,12-15)9-5-6-10-17(16)11-13-7-3-4-8-13/h13H,3-12,15H2,1-2H3. The van der Waals surface area contributed by atoms with Crippen molar-refractivity contribution < 1.29 is 4.21 Å². The average molecular weight is 259 g/mol. The van der Waals surface area contributed by atoms with Crippen molar-refractivity contribution >= 4 is 10.8 Å².